The van der Waals surface area contributed by atoms with Gasteiger partial charge in [-0.15, -0.1) is 11.3 Å². The molecule has 26 heavy (non-hydrogen) atoms. The maximum atomic E-state index is 6.38. The van der Waals surface area contributed by atoms with Crippen LogP contribution in [0.1, 0.15) is 34.7 Å². The molecule has 6 heteroatoms. The Kier molecular flexibility index (Phi) is 4.14. The lowest BCUT2D eigenvalue weighted by Gasteiger charge is -2.38. The molecule has 0 N–H and O–H groups in total. The van der Waals surface area contributed by atoms with Crippen molar-refractivity contribution < 1.29 is 4.74 Å². The first-order chi connectivity index (χ1) is 12.7. The number of nitrogens with zero attached hydrogens (tertiary/aromatic N) is 2. The third kappa shape index (κ3) is 2.80. The molecular weight excluding hydrogens is 476 g/mol. The zero-order valence-electron chi connectivity index (χ0n) is 13.6. The van der Waals surface area contributed by atoms with Gasteiger partial charge < -0.3 is 4.74 Å². The second kappa shape index (κ2) is 6.51. The molecule has 0 spiro atoms. The number of rotatable bonds is 2. The molecule has 0 saturated heterocycles. The molecule has 2 aromatic carbocycles. The SMILES string of the molecule is Brc1ccc([C@H]2Oc3ccc(Br)cc3[C@@H]3CC(c4cccs4)=NN23)cc1. The number of hydrogen-bond acceptors (Lipinski definition) is 4. The van der Waals surface area contributed by atoms with Crippen LogP contribution in [0.25, 0.3) is 0 Å². The molecule has 2 aliphatic rings. The van der Waals surface area contributed by atoms with Gasteiger partial charge in [-0.25, -0.2) is 5.01 Å². The van der Waals surface area contributed by atoms with Crippen molar-refractivity contribution in [3.8, 4) is 5.75 Å². The Labute approximate surface area is 172 Å². The van der Waals surface area contributed by atoms with Crippen molar-refractivity contribution in [2.24, 2.45) is 5.10 Å². The van der Waals surface area contributed by atoms with Gasteiger partial charge in [-0.2, -0.15) is 5.10 Å². The molecule has 0 amide bonds. The van der Waals surface area contributed by atoms with Crippen LogP contribution in [0.5, 0.6) is 5.75 Å². The highest BCUT2D eigenvalue weighted by Crippen LogP contribution is 2.48. The fourth-order valence-corrected chi connectivity index (χ4v) is 4.86. The van der Waals surface area contributed by atoms with Crippen LogP contribution in [-0.4, -0.2) is 10.7 Å². The maximum absolute atomic E-state index is 6.38. The number of thiophene rings is 1. The predicted octanol–water partition coefficient (Wildman–Crippen LogP) is 6.52. The minimum atomic E-state index is -0.223. The van der Waals surface area contributed by atoms with E-state index in [-0.39, 0.29) is 12.3 Å². The van der Waals surface area contributed by atoms with Crippen LogP contribution >= 0.6 is 43.2 Å². The Morgan fingerprint density at radius 2 is 1.85 bits per heavy atom. The van der Waals surface area contributed by atoms with Crippen molar-refractivity contribution in [1.29, 1.82) is 0 Å². The van der Waals surface area contributed by atoms with Crippen molar-refractivity contribution in [2.75, 3.05) is 0 Å². The number of hydrogen-bond donors (Lipinski definition) is 0. The highest BCUT2D eigenvalue weighted by molar-refractivity contribution is 9.10. The van der Waals surface area contributed by atoms with Gasteiger partial charge in [-0.3, -0.25) is 0 Å². The van der Waals surface area contributed by atoms with Crippen LogP contribution in [-0.2, 0) is 0 Å². The lowest BCUT2D eigenvalue weighted by Crippen LogP contribution is -2.33. The minimum absolute atomic E-state index is 0.182. The number of halogens is 2. The third-order valence-corrected chi connectivity index (χ3v) is 6.65. The van der Waals surface area contributed by atoms with Gasteiger partial charge in [0, 0.05) is 26.5 Å². The Morgan fingerprint density at radius 1 is 1.04 bits per heavy atom. The van der Waals surface area contributed by atoms with Crippen LogP contribution in [0.2, 0.25) is 0 Å². The second-order valence-corrected chi connectivity index (χ2v) is 9.11. The molecule has 0 unspecified atom stereocenters. The van der Waals surface area contributed by atoms with E-state index in [0.717, 1.165) is 32.4 Å². The molecule has 1 aromatic heterocycles. The van der Waals surface area contributed by atoms with Gasteiger partial charge >= 0.3 is 0 Å². The largest absolute Gasteiger partial charge is 0.464 e. The van der Waals surface area contributed by atoms with Gasteiger partial charge in [0.25, 0.3) is 0 Å². The first kappa shape index (κ1) is 16.5. The Bertz CT molecular complexity index is 986. The standard InChI is InChI=1S/C20H14Br2N2OS/c21-13-5-3-12(4-6-13)20-24-17(11-16(23-24)19-2-1-9-26-19)15-10-14(22)7-8-18(15)25-20/h1-10,17,20H,11H2/t17-,20+/m0/s1. The van der Waals surface area contributed by atoms with Crippen LogP contribution in [0, 0.1) is 0 Å². The lowest BCUT2D eigenvalue weighted by molar-refractivity contribution is -0.0190. The van der Waals surface area contributed by atoms with Gasteiger partial charge in [0.2, 0.25) is 6.23 Å². The van der Waals surface area contributed by atoms with Crippen molar-refractivity contribution in [2.45, 2.75) is 18.7 Å². The predicted molar refractivity (Wildman–Crippen MR) is 112 cm³/mol. The molecule has 2 atom stereocenters. The van der Waals surface area contributed by atoms with E-state index in [0.29, 0.717) is 0 Å². The summed E-state index contributed by atoms with van der Waals surface area (Å²) in [6, 6.07) is 18.9. The van der Waals surface area contributed by atoms with Crippen molar-refractivity contribution in [1.82, 2.24) is 5.01 Å². The van der Waals surface area contributed by atoms with Gasteiger partial charge in [0.05, 0.1) is 16.6 Å². The zero-order valence-corrected chi connectivity index (χ0v) is 17.6. The lowest BCUT2D eigenvalue weighted by atomic mass is 9.98. The first-order valence-electron chi connectivity index (χ1n) is 8.30. The highest BCUT2D eigenvalue weighted by Gasteiger charge is 2.41. The van der Waals surface area contributed by atoms with Gasteiger partial charge in [-0.1, -0.05) is 50.1 Å². The zero-order chi connectivity index (χ0) is 17.7. The maximum Gasteiger partial charge on any atom is 0.213 e. The van der Waals surface area contributed by atoms with Gasteiger partial charge in [0.1, 0.15) is 5.75 Å². The molecule has 0 radical (unpaired) electrons. The Balaban J connectivity index is 1.61. The van der Waals surface area contributed by atoms with Crippen molar-refractivity contribution >= 4 is 48.9 Å². The smallest absolute Gasteiger partial charge is 0.213 e. The Morgan fingerprint density at radius 3 is 2.62 bits per heavy atom. The molecule has 0 bridgehead atoms. The quantitative estimate of drug-likeness (QED) is 0.409. The minimum Gasteiger partial charge on any atom is -0.464 e. The normalized spacial score (nSPS) is 21.0. The van der Waals surface area contributed by atoms with E-state index < -0.39 is 0 Å². The van der Waals surface area contributed by atoms with E-state index in [2.05, 4.69) is 72.6 Å². The van der Waals surface area contributed by atoms with E-state index in [9.17, 15) is 0 Å². The summed E-state index contributed by atoms with van der Waals surface area (Å²) in [5, 5.41) is 9.19. The molecule has 0 fully saturated rings. The van der Waals surface area contributed by atoms with Crippen molar-refractivity contribution in [3.05, 3.63) is 84.9 Å². The van der Waals surface area contributed by atoms with Crippen LogP contribution in [0.4, 0.5) is 0 Å². The second-order valence-electron chi connectivity index (χ2n) is 6.33. The summed E-state index contributed by atoms with van der Waals surface area (Å²) in [5.41, 5.74) is 3.41. The Hall–Kier alpha value is -1.63. The summed E-state index contributed by atoms with van der Waals surface area (Å²) in [4.78, 5) is 1.23. The van der Waals surface area contributed by atoms with Crippen LogP contribution in [0.15, 0.2) is 74.0 Å². The van der Waals surface area contributed by atoms with E-state index in [1.54, 1.807) is 11.3 Å². The van der Waals surface area contributed by atoms with E-state index >= 15 is 0 Å². The fraction of sp³-hybridized carbons (Fsp3) is 0.150. The van der Waals surface area contributed by atoms with Gasteiger partial charge in [-0.05, 0) is 41.8 Å². The van der Waals surface area contributed by atoms with E-state index in [1.165, 1.54) is 10.4 Å². The molecule has 0 saturated carbocycles. The average Bonchev–Trinajstić information content (AvgIpc) is 3.32. The fourth-order valence-electron chi connectivity index (χ4n) is 3.50. The number of fused-ring (bicyclic) bond motifs is 3. The summed E-state index contributed by atoms with van der Waals surface area (Å²) in [5.74, 6) is 0.935. The molecule has 5 rings (SSSR count). The van der Waals surface area contributed by atoms with E-state index in [4.69, 9.17) is 9.84 Å². The molecule has 3 heterocycles. The number of hydrazone groups is 1. The van der Waals surface area contributed by atoms with Crippen molar-refractivity contribution in [3.63, 3.8) is 0 Å². The molecule has 130 valence electrons. The molecular formula is C20H14Br2N2OS. The first-order valence-corrected chi connectivity index (χ1v) is 10.8. The third-order valence-electron chi connectivity index (χ3n) is 4.71. The van der Waals surface area contributed by atoms with Crippen LogP contribution in [0.3, 0.4) is 0 Å². The molecule has 0 aliphatic carbocycles. The summed E-state index contributed by atoms with van der Waals surface area (Å²) < 4.78 is 8.50. The summed E-state index contributed by atoms with van der Waals surface area (Å²) in [6.07, 6.45) is 0.666. The average molecular weight is 490 g/mol. The number of benzene rings is 2. The monoisotopic (exact) mass is 488 g/mol. The molecule has 3 aromatic rings. The van der Waals surface area contributed by atoms with Crippen LogP contribution < -0.4 is 4.74 Å². The highest BCUT2D eigenvalue weighted by atomic mass is 79.9. The molecule has 3 nitrogen and oxygen atoms in total. The van der Waals surface area contributed by atoms with Gasteiger partial charge in [0.15, 0.2) is 0 Å². The topological polar surface area (TPSA) is 24.8 Å². The van der Waals surface area contributed by atoms with E-state index in [1.807, 2.05) is 24.3 Å². The summed E-state index contributed by atoms with van der Waals surface area (Å²) in [7, 11) is 0. The number of ether oxygens (including phenoxy) is 1. The summed E-state index contributed by atoms with van der Waals surface area (Å²) in [6.45, 7) is 0. The summed E-state index contributed by atoms with van der Waals surface area (Å²) >= 11 is 8.84. The molecule has 2 aliphatic heterocycles.